The second-order valence-corrected chi connectivity index (χ2v) is 1.99. The summed E-state index contributed by atoms with van der Waals surface area (Å²) < 4.78 is 4.35. The van der Waals surface area contributed by atoms with Crippen molar-refractivity contribution in [2.45, 2.75) is 0 Å². The molecule has 12 heavy (non-hydrogen) atoms. The molecule has 6 nitrogen and oxygen atoms in total. The van der Waals surface area contributed by atoms with Crippen LogP contribution in [-0.2, 0) is 4.79 Å². The van der Waals surface area contributed by atoms with Gasteiger partial charge in [-0.25, -0.2) is 14.8 Å². The number of hydrogen-bond donors (Lipinski definition) is 1. The molecule has 0 unspecified atom stereocenters. The van der Waals surface area contributed by atoms with Crippen molar-refractivity contribution in [3.8, 4) is 6.01 Å². The van der Waals surface area contributed by atoms with E-state index in [1.54, 1.807) is 0 Å². The molecular weight excluding hydrogens is 160 g/mol. The van der Waals surface area contributed by atoms with Crippen LogP contribution in [0.1, 0.15) is 0 Å². The van der Waals surface area contributed by atoms with Gasteiger partial charge in [0.2, 0.25) is 0 Å². The van der Waals surface area contributed by atoms with Crippen LogP contribution >= 0.6 is 0 Å². The number of nitrogens with zero attached hydrogens (tertiary/aromatic N) is 3. The van der Waals surface area contributed by atoms with Gasteiger partial charge in [0.1, 0.15) is 11.8 Å². The summed E-state index contributed by atoms with van der Waals surface area (Å²) in [5.41, 5.74) is 1.07. The van der Waals surface area contributed by atoms with Crippen molar-refractivity contribution in [2.75, 3.05) is 0 Å². The molecule has 0 aliphatic heterocycles. The molecule has 2 rings (SSSR count). The summed E-state index contributed by atoms with van der Waals surface area (Å²) in [6, 6.07) is 0.0699. The largest absolute Gasteiger partial charge is 0.425 e. The number of aromatic amines is 1. The molecule has 0 aliphatic rings. The lowest BCUT2D eigenvalue weighted by molar-refractivity contribution is 0.426. The van der Waals surface area contributed by atoms with Gasteiger partial charge in [-0.1, -0.05) is 0 Å². The quantitative estimate of drug-likeness (QED) is 0.662. The van der Waals surface area contributed by atoms with E-state index in [9.17, 15) is 4.79 Å². The molecule has 0 saturated carbocycles. The van der Waals surface area contributed by atoms with Gasteiger partial charge in [0.25, 0.3) is 0 Å². The lowest BCUT2D eigenvalue weighted by Crippen LogP contribution is -1.89. The van der Waals surface area contributed by atoms with Crippen molar-refractivity contribution in [1.82, 2.24) is 19.9 Å². The highest BCUT2D eigenvalue weighted by Crippen LogP contribution is 2.10. The molecule has 6 heteroatoms. The molecule has 0 aliphatic carbocycles. The van der Waals surface area contributed by atoms with Crippen molar-refractivity contribution in [3.63, 3.8) is 0 Å². The Balaban J connectivity index is 2.54. The molecule has 59 valence electrons. The van der Waals surface area contributed by atoms with Crippen molar-refractivity contribution < 1.29 is 9.53 Å². The third kappa shape index (κ3) is 0.986. The number of nitrogens with one attached hydrogen (secondary N) is 1. The van der Waals surface area contributed by atoms with E-state index >= 15 is 0 Å². The average Bonchev–Trinajstić information content (AvgIpc) is 2.47. The van der Waals surface area contributed by atoms with E-state index in [-0.39, 0.29) is 6.01 Å². The molecule has 2 aromatic rings. The highest BCUT2D eigenvalue weighted by Gasteiger charge is 2.02. The van der Waals surface area contributed by atoms with E-state index in [2.05, 4.69) is 24.7 Å². The lowest BCUT2D eigenvalue weighted by Gasteiger charge is -1.82. The Morgan fingerprint density at radius 1 is 1.58 bits per heavy atom. The molecule has 0 saturated heterocycles. The molecule has 0 fully saturated rings. The lowest BCUT2D eigenvalue weighted by atomic mass is 10.6. The first-order valence-corrected chi connectivity index (χ1v) is 3.10. The highest BCUT2D eigenvalue weighted by atomic mass is 16.5. The standard InChI is InChI=1S/C6H3N4O2/c11-3-12-6-9-4-1-7-2-8-5(4)10-6/h1-2H,(H,7,8,9,10). The second-order valence-electron chi connectivity index (χ2n) is 1.99. The van der Waals surface area contributed by atoms with Gasteiger partial charge < -0.3 is 9.72 Å². The summed E-state index contributed by atoms with van der Waals surface area (Å²) in [7, 11) is 0. The summed E-state index contributed by atoms with van der Waals surface area (Å²) in [5, 5.41) is 0. The minimum absolute atomic E-state index is 0.0699. The highest BCUT2D eigenvalue weighted by molar-refractivity contribution is 5.69. The Morgan fingerprint density at radius 2 is 2.50 bits per heavy atom. The Labute approximate surface area is 66.6 Å². The maximum atomic E-state index is 9.81. The Bertz CT molecular complexity index is 378. The Kier molecular flexibility index (Phi) is 1.44. The molecule has 0 spiro atoms. The van der Waals surface area contributed by atoms with Crippen LogP contribution in [0.2, 0.25) is 0 Å². The minimum Gasteiger partial charge on any atom is -0.384 e. The fourth-order valence-corrected chi connectivity index (χ4v) is 0.828. The summed E-state index contributed by atoms with van der Waals surface area (Å²) in [6.45, 7) is 1.25. The van der Waals surface area contributed by atoms with Crippen LogP contribution in [0.15, 0.2) is 12.5 Å². The van der Waals surface area contributed by atoms with E-state index < -0.39 is 0 Å². The molecule has 2 aromatic heterocycles. The Hall–Kier alpha value is -1.98. The van der Waals surface area contributed by atoms with Gasteiger partial charge >= 0.3 is 12.5 Å². The molecule has 0 amide bonds. The van der Waals surface area contributed by atoms with Gasteiger partial charge in [-0.05, 0) is 0 Å². The second kappa shape index (κ2) is 2.57. The maximum Gasteiger partial charge on any atom is 0.425 e. The number of fused-ring (bicyclic) bond motifs is 1. The molecule has 0 bridgehead atoms. The number of imidazole rings is 1. The predicted octanol–water partition coefficient (Wildman–Crippen LogP) is -0.201. The number of ether oxygens (including phenoxy) is 1. The average molecular weight is 163 g/mol. The topological polar surface area (TPSA) is 80.8 Å². The van der Waals surface area contributed by atoms with Gasteiger partial charge in [0.15, 0.2) is 5.65 Å². The SMILES string of the molecule is O=[C]Oc1nc2ncncc2[nH]1. The molecule has 1 radical (unpaired) electrons. The summed E-state index contributed by atoms with van der Waals surface area (Å²) in [4.78, 5) is 23.9. The first-order valence-electron chi connectivity index (χ1n) is 3.10. The number of rotatable bonds is 2. The third-order valence-electron chi connectivity index (χ3n) is 1.28. The van der Waals surface area contributed by atoms with Crippen LogP contribution in [0.25, 0.3) is 11.2 Å². The van der Waals surface area contributed by atoms with Gasteiger partial charge in [0.05, 0.1) is 6.20 Å². The first-order chi connectivity index (χ1) is 5.90. The Morgan fingerprint density at radius 3 is 3.25 bits per heavy atom. The van der Waals surface area contributed by atoms with Crippen molar-refractivity contribution in [2.24, 2.45) is 0 Å². The monoisotopic (exact) mass is 163 g/mol. The van der Waals surface area contributed by atoms with Gasteiger partial charge in [-0.2, -0.15) is 4.98 Å². The third-order valence-corrected chi connectivity index (χ3v) is 1.28. The molecule has 2 heterocycles. The molecule has 0 atom stereocenters. The number of carbonyl (C=O) groups excluding carboxylic acids is 1. The van der Waals surface area contributed by atoms with Crippen LogP contribution < -0.4 is 4.74 Å². The van der Waals surface area contributed by atoms with E-state index in [1.807, 2.05) is 0 Å². The molecule has 0 aromatic carbocycles. The number of hydrogen-bond acceptors (Lipinski definition) is 5. The molecular formula is C6H3N4O2. The van der Waals surface area contributed by atoms with Crippen molar-refractivity contribution in [3.05, 3.63) is 12.5 Å². The van der Waals surface area contributed by atoms with Gasteiger partial charge in [-0.15, -0.1) is 0 Å². The van der Waals surface area contributed by atoms with E-state index in [0.29, 0.717) is 11.2 Å². The minimum atomic E-state index is 0.0699. The maximum absolute atomic E-state index is 9.81. The van der Waals surface area contributed by atoms with E-state index in [1.165, 1.54) is 19.0 Å². The van der Waals surface area contributed by atoms with E-state index in [0.717, 1.165) is 0 Å². The van der Waals surface area contributed by atoms with Crippen molar-refractivity contribution >= 4 is 17.6 Å². The summed E-state index contributed by atoms with van der Waals surface area (Å²) in [5.74, 6) is 0. The van der Waals surface area contributed by atoms with Crippen LogP contribution in [0.3, 0.4) is 0 Å². The summed E-state index contributed by atoms with van der Waals surface area (Å²) in [6.07, 6.45) is 2.89. The predicted molar refractivity (Wildman–Crippen MR) is 38.0 cm³/mol. The van der Waals surface area contributed by atoms with Crippen LogP contribution in [0.4, 0.5) is 0 Å². The van der Waals surface area contributed by atoms with Crippen LogP contribution in [0, 0.1) is 0 Å². The summed E-state index contributed by atoms with van der Waals surface area (Å²) >= 11 is 0. The smallest absolute Gasteiger partial charge is 0.384 e. The normalized spacial score (nSPS) is 10.0. The van der Waals surface area contributed by atoms with Crippen LogP contribution in [-0.4, -0.2) is 26.4 Å². The number of aromatic nitrogens is 4. The van der Waals surface area contributed by atoms with Crippen LogP contribution in [0.5, 0.6) is 6.01 Å². The first kappa shape index (κ1) is 6.71. The fraction of sp³-hybridized carbons (Fsp3) is 0. The zero-order chi connectivity index (χ0) is 8.39. The fourth-order valence-electron chi connectivity index (χ4n) is 0.828. The van der Waals surface area contributed by atoms with Crippen molar-refractivity contribution in [1.29, 1.82) is 0 Å². The van der Waals surface area contributed by atoms with Gasteiger partial charge in [0, 0.05) is 0 Å². The van der Waals surface area contributed by atoms with Gasteiger partial charge in [-0.3, -0.25) is 0 Å². The zero-order valence-corrected chi connectivity index (χ0v) is 5.81. The molecule has 1 N–H and O–H groups in total. The zero-order valence-electron chi connectivity index (χ0n) is 5.81. The van der Waals surface area contributed by atoms with E-state index in [4.69, 9.17) is 0 Å². The number of H-pyrrole nitrogens is 1.